The number of aryl methyl sites for hydroxylation is 2. The van der Waals surface area contributed by atoms with Gasteiger partial charge in [0.15, 0.2) is 0 Å². The molecule has 5 nitrogen and oxygen atoms in total. The van der Waals surface area contributed by atoms with E-state index >= 15 is 0 Å². The maximum absolute atomic E-state index is 11.5. The number of thioether (sulfide) groups is 1. The Hall–Kier alpha value is -0.950. The highest BCUT2D eigenvalue weighted by atomic mass is 32.2. The second kappa shape index (κ2) is 10.8. The summed E-state index contributed by atoms with van der Waals surface area (Å²) in [5.74, 6) is 1.30. The summed E-state index contributed by atoms with van der Waals surface area (Å²) in [6.45, 7) is 3.92. The minimum absolute atomic E-state index is 0. The van der Waals surface area contributed by atoms with Gasteiger partial charge in [0.1, 0.15) is 0 Å². The second-order valence-corrected chi connectivity index (χ2v) is 9.82. The molecule has 0 saturated heterocycles. The molecule has 0 aliphatic rings. The third-order valence-electron chi connectivity index (χ3n) is 2.27. The van der Waals surface area contributed by atoms with Crippen LogP contribution in [0.1, 0.15) is 28.8 Å². The summed E-state index contributed by atoms with van der Waals surface area (Å²) in [5, 5.41) is 14.3. The molecule has 0 aromatic carbocycles. The van der Waals surface area contributed by atoms with Gasteiger partial charge in [-0.25, -0.2) is 14.2 Å². The smallest absolute Gasteiger partial charge is 0.214 e. The maximum Gasteiger partial charge on any atom is 0.214 e. The molecule has 9 heteroatoms. The van der Waals surface area contributed by atoms with Crippen molar-refractivity contribution in [3.63, 3.8) is 0 Å². The van der Waals surface area contributed by atoms with Crippen molar-refractivity contribution < 1.29 is 4.21 Å². The van der Waals surface area contributed by atoms with Crippen molar-refractivity contribution in [2.24, 2.45) is 4.36 Å². The summed E-state index contributed by atoms with van der Waals surface area (Å²) in [4.78, 5) is 8.45. The van der Waals surface area contributed by atoms with Crippen LogP contribution in [0.25, 0.3) is 0 Å². The molecule has 2 heterocycles. The topological polar surface area (TPSA) is 79.0 Å². The highest BCUT2D eigenvalue weighted by Crippen LogP contribution is 2.12. The molecule has 1 unspecified atom stereocenters. The number of hydrogen-bond donors (Lipinski definition) is 0. The van der Waals surface area contributed by atoms with Gasteiger partial charge < -0.3 is 0 Å². The quantitative estimate of drug-likeness (QED) is 0.719. The van der Waals surface area contributed by atoms with Gasteiger partial charge in [-0.2, -0.15) is 17.0 Å². The van der Waals surface area contributed by atoms with Gasteiger partial charge in [0.05, 0.1) is 36.9 Å². The molecule has 0 N–H and O–H groups in total. The van der Waals surface area contributed by atoms with Crippen molar-refractivity contribution in [3.8, 4) is 6.19 Å². The number of rotatable bonds is 4. The van der Waals surface area contributed by atoms with Gasteiger partial charge in [-0.05, 0) is 20.1 Å². The summed E-state index contributed by atoms with van der Waals surface area (Å²) < 4.78 is 14.9. The van der Waals surface area contributed by atoms with Crippen LogP contribution in [0.3, 0.4) is 0 Å². The zero-order chi connectivity index (χ0) is 16.6. The predicted octanol–water partition coefficient (Wildman–Crippen LogP) is 4.48. The van der Waals surface area contributed by atoms with E-state index < -0.39 is 9.73 Å². The van der Waals surface area contributed by atoms with Gasteiger partial charge in [0.2, 0.25) is 6.19 Å². The Morgan fingerprint density at radius 3 is 2.17 bits per heavy atom. The molecule has 0 saturated carbocycles. The molecule has 0 aliphatic heterocycles. The lowest BCUT2D eigenvalue weighted by molar-refractivity contribution is 0.680. The van der Waals surface area contributed by atoms with E-state index in [2.05, 4.69) is 26.0 Å². The largest absolute Gasteiger partial charge is 0.249 e. The number of aromatic nitrogens is 2. The van der Waals surface area contributed by atoms with E-state index in [9.17, 15) is 4.21 Å². The van der Waals surface area contributed by atoms with Crippen LogP contribution < -0.4 is 0 Å². The first-order valence-electron chi connectivity index (χ1n) is 6.25. The Labute approximate surface area is 151 Å². The molecule has 0 spiro atoms. The van der Waals surface area contributed by atoms with E-state index in [1.807, 2.05) is 31.0 Å². The fourth-order valence-corrected chi connectivity index (χ4v) is 4.30. The molecule has 0 radical (unpaired) electrons. The lowest BCUT2D eigenvalue weighted by Gasteiger charge is -1.96. The van der Waals surface area contributed by atoms with E-state index in [-0.39, 0.29) is 13.2 Å². The minimum atomic E-state index is -2.41. The highest BCUT2D eigenvalue weighted by molar-refractivity contribution is 7.97. The zero-order valence-electron chi connectivity index (χ0n) is 12.9. The normalized spacial score (nSPS) is 12.1. The first-order chi connectivity index (χ1) is 10.4. The number of nitrogens with zero attached hydrogens (tertiary/aromatic N) is 4. The van der Waals surface area contributed by atoms with E-state index in [4.69, 9.17) is 5.26 Å². The van der Waals surface area contributed by atoms with Gasteiger partial charge in [-0.15, -0.1) is 27.0 Å². The number of thiazole rings is 2. The van der Waals surface area contributed by atoms with Gasteiger partial charge in [-0.3, -0.25) is 0 Å². The second-order valence-electron chi connectivity index (χ2n) is 4.44. The first kappa shape index (κ1) is 22.1. The van der Waals surface area contributed by atoms with Gasteiger partial charge in [0.25, 0.3) is 0 Å². The SMILES string of the molecule is C.CSCc1csc(C)n1.Cc1nc(CS(C)(=O)=NC#N)cs1. The summed E-state index contributed by atoms with van der Waals surface area (Å²) in [6, 6.07) is 0. The number of nitriles is 1. The maximum atomic E-state index is 11.5. The van der Waals surface area contributed by atoms with Crippen molar-refractivity contribution in [1.29, 1.82) is 5.26 Å². The van der Waals surface area contributed by atoms with Gasteiger partial charge in [-0.1, -0.05) is 7.43 Å². The van der Waals surface area contributed by atoms with Crippen molar-refractivity contribution >= 4 is 44.2 Å². The molecule has 0 amide bonds. The van der Waals surface area contributed by atoms with Crippen molar-refractivity contribution in [1.82, 2.24) is 9.97 Å². The average molecular weight is 391 g/mol. The Morgan fingerprint density at radius 2 is 1.78 bits per heavy atom. The first-order valence-corrected chi connectivity index (χ1v) is 11.5. The van der Waals surface area contributed by atoms with Crippen LogP contribution in [-0.4, -0.2) is 26.7 Å². The molecule has 2 rings (SSSR count). The monoisotopic (exact) mass is 390 g/mol. The minimum Gasteiger partial charge on any atom is -0.249 e. The van der Waals surface area contributed by atoms with Gasteiger partial charge >= 0.3 is 0 Å². The van der Waals surface area contributed by atoms with E-state index in [1.165, 1.54) is 28.3 Å². The molecule has 0 aliphatic carbocycles. The molecular weight excluding hydrogens is 368 g/mol. The third-order valence-corrected chi connectivity index (χ3v) is 5.80. The predicted molar refractivity (Wildman–Crippen MR) is 103 cm³/mol. The van der Waals surface area contributed by atoms with E-state index in [1.54, 1.807) is 17.5 Å². The van der Waals surface area contributed by atoms with Crippen LogP contribution in [-0.2, 0) is 21.2 Å². The van der Waals surface area contributed by atoms with Gasteiger partial charge in [0, 0.05) is 22.8 Å². The summed E-state index contributed by atoms with van der Waals surface area (Å²) >= 11 is 5.03. The fraction of sp³-hybridized carbons (Fsp3) is 0.500. The van der Waals surface area contributed by atoms with Crippen molar-refractivity contribution in [2.45, 2.75) is 32.8 Å². The Bertz CT molecular complexity index is 751. The van der Waals surface area contributed by atoms with Crippen LogP contribution in [0.15, 0.2) is 15.1 Å². The zero-order valence-corrected chi connectivity index (χ0v) is 16.2. The fourth-order valence-electron chi connectivity index (χ4n) is 1.49. The molecule has 1 atom stereocenters. The molecular formula is C14H22N4OS4. The summed E-state index contributed by atoms with van der Waals surface area (Å²) in [5.41, 5.74) is 1.96. The molecule has 0 bridgehead atoms. The Balaban J connectivity index is 0.000000427. The standard InChI is InChI=1S/C7H9N3OS2.C6H9NS2.CH4/c1-6-10-7(3-12-6)4-13(2,11)9-5-8;1-5-7-6(3-8-2)4-9-5;/h3H,4H2,1-2H3;4H,3H2,1-2H3;1H4. The Morgan fingerprint density at radius 1 is 1.26 bits per heavy atom. The Kier molecular flexibility index (Phi) is 10.3. The lowest BCUT2D eigenvalue weighted by atomic mass is 10.6. The highest BCUT2D eigenvalue weighted by Gasteiger charge is 2.06. The lowest BCUT2D eigenvalue weighted by Crippen LogP contribution is -2.00. The van der Waals surface area contributed by atoms with Crippen LogP contribution >= 0.6 is 34.4 Å². The molecule has 128 valence electrons. The summed E-state index contributed by atoms with van der Waals surface area (Å²) in [6.07, 6.45) is 5.12. The average Bonchev–Trinajstić information content (AvgIpc) is 2.99. The number of hydrogen-bond acceptors (Lipinski definition) is 8. The van der Waals surface area contributed by atoms with Crippen LogP contribution in [0.2, 0.25) is 0 Å². The third kappa shape index (κ3) is 9.05. The van der Waals surface area contributed by atoms with E-state index in [0.29, 0.717) is 0 Å². The van der Waals surface area contributed by atoms with Crippen molar-refractivity contribution in [2.75, 3.05) is 12.5 Å². The van der Waals surface area contributed by atoms with Crippen LogP contribution in [0.5, 0.6) is 0 Å². The molecule has 2 aromatic rings. The van der Waals surface area contributed by atoms with Crippen LogP contribution in [0.4, 0.5) is 0 Å². The summed E-state index contributed by atoms with van der Waals surface area (Å²) in [7, 11) is -2.41. The van der Waals surface area contributed by atoms with Crippen LogP contribution in [0, 0.1) is 25.3 Å². The molecule has 23 heavy (non-hydrogen) atoms. The van der Waals surface area contributed by atoms with E-state index in [0.717, 1.165) is 16.5 Å². The molecule has 2 aromatic heterocycles. The molecule has 0 fully saturated rings. The van der Waals surface area contributed by atoms with Crippen molar-refractivity contribution in [3.05, 3.63) is 32.2 Å².